The van der Waals surface area contributed by atoms with E-state index in [0.717, 1.165) is 16.9 Å². The summed E-state index contributed by atoms with van der Waals surface area (Å²) < 4.78 is 2.83. The van der Waals surface area contributed by atoms with Gasteiger partial charge in [0.2, 0.25) is 0 Å². The van der Waals surface area contributed by atoms with Gasteiger partial charge in [-0.3, -0.25) is 4.57 Å². The topological polar surface area (TPSA) is 24.0 Å². The number of hydrogen-bond donors (Lipinski definition) is 1. The smallest absolute Gasteiger partial charge is 0.182 e. The van der Waals surface area contributed by atoms with Crippen molar-refractivity contribution in [2.45, 2.75) is 13.3 Å². The first-order valence-electron chi connectivity index (χ1n) is 5.70. The summed E-state index contributed by atoms with van der Waals surface area (Å²) in [7, 11) is 4.08. The van der Waals surface area contributed by atoms with Crippen LogP contribution in [0.5, 0.6) is 0 Å². The fraction of sp³-hybridized carbons (Fsp3) is 0.308. The second-order valence-corrected chi connectivity index (χ2v) is 4.58. The maximum Gasteiger partial charge on any atom is 0.182 e. The highest BCUT2D eigenvalue weighted by Gasteiger charge is 2.05. The van der Waals surface area contributed by atoms with Crippen LogP contribution >= 0.6 is 12.2 Å². The van der Waals surface area contributed by atoms with Gasteiger partial charge in [-0.25, -0.2) is 0 Å². The van der Waals surface area contributed by atoms with Gasteiger partial charge in [-0.05, 0) is 36.8 Å². The second kappa shape index (κ2) is 4.75. The molecule has 1 N–H and O–H groups in total. The minimum absolute atomic E-state index is 0.748. The lowest BCUT2D eigenvalue weighted by Gasteiger charge is -2.14. The molecule has 0 unspecified atom stereocenters. The lowest BCUT2D eigenvalue weighted by atomic mass is 10.2. The quantitative estimate of drug-likeness (QED) is 0.842. The first-order chi connectivity index (χ1) is 8.13. The van der Waals surface area contributed by atoms with E-state index in [1.165, 1.54) is 11.4 Å². The van der Waals surface area contributed by atoms with Gasteiger partial charge in [0.15, 0.2) is 4.77 Å². The number of rotatable bonds is 3. The van der Waals surface area contributed by atoms with E-state index in [1.807, 2.05) is 20.3 Å². The van der Waals surface area contributed by atoms with Crippen molar-refractivity contribution < 1.29 is 0 Å². The van der Waals surface area contributed by atoms with E-state index in [1.54, 1.807) is 0 Å². The van der Waals surface area contributed by atoms with E-state index in [4.69, 9.17) is 12.2 Å². The van der Waals surface area contributed by atoms with Crippen LogP contribution in [0.15, 0.2) is 30.5 Å². The summed E-state index contributed by atoms with van der Waals surface area (Å²) in [5.41, 5.74) is 3.48. The predicted octanol–water partition coefficient (Wildman–Crippen LogP) is 3.16. The standard InChI is InChI=1S/C13H17N3S/c1-4-10-9-14-13(17)16(10)12-7-5-6-11(8-12)15(2)3/h5-9H,4H2,1-3H3,(H,14,17). The van der Waals surface area contributed by atoms with Gasteiger partial charge in [-0.2, -0.15) is 0 Å². The number of aryl methyl sites for hydroxylation is 1. The molecule has 0 saturated heterocycles. The largest absolute Gasteiger partial charge is 0.378 e. The number of nitrogens with zero attached hydrogens (tertiary/aromatic N) is 2. The Morgan fingerprint density at radius 1 is 1.35 bits per heavy atom. The molecule has 3 nitrogen and oxygen atoms in total. The van der Waals surface area contributed by atoms with Crippen LogP contribution in [-0.4, -0.2) is 23.6 Å². The number of nitrogens with one attached hydrogen (secondary N) is 1. The molecule has 0 atom stereocenters. The van der Waals surface area contributed by atoms with Crippen LogP contribution in [0.2, 0.25) is 0 Å². The fourth-order valence-electron chi connectivity index (χ4n) is 1.86. The van der Waals surface area contributed by atoms with Crippen molar-refractivity contribution >= 4 is 17.9 Å². The lowest BCUT2D eigenvalue weighted by molar-refractivity contribution is 0.921. The predicted molar refractivity (Wildman–Crippen MR) is 74.7 cm³/mol. The Hall–Kier alpha value is -1.55. The van der Waals surface area contributed by atoms with E-state index in [2.05, 4.69) is 45.6 Å². The molecule has 0 saturated carbocycles. The Balaban J connectivity index is 2.56. The molecule has 0 aliphatic heterocycles. The molecule has 1 aromatic carbocycles. The Kier molecular flexibility index (Phi) is 3.33. The first kappa shape index (κ1) is 11.9. The van der Waals surface area contributed by atoms with Crippen LogP contribution in [0, 0.1) is 4.77 Å². The lowest BCUT2D eigenvalue weighted by Crippen LogP contribution is -2.09. The minimum atomic E-state index is 0.748. The molecule has 4 heteroatoms. The van der Waals surface area contributed by atoms with Crippen molar-refractivity contribution in [3.05, 3.63) is 40.9 Å². The van der Waals surface area contributed by atoms with E-state index < -0.39 is 0 Å². The van der Waals surface area contributed by atoms with Crippen molar-refractivity contribution in [3.63, 3.8) is 0 Å². The van der Waals surface area contributed by atoms with Crippen molar-refractivity contribution in [1.29, 1.82) is 0 Å². The molecule has 0 bridgehead atoms. The summed E-state index contributed by atoms with van der Waals surface area (Å²) >= 11 is 5.32. The fourth-order valence-corrected chi connectivity index (χ4v) is 2.14. The minimum Gasteiger partial charge on any atom is -0.378 e. The van der Waals surface area contributed by atoms with Crippen molar-refractivity contribution in [2.75, 3.05) is 19.0 Å². The Morgan fingerprint density at radius 3 is 2.76 bits per heavy atom. The molecule has 0 radical (unpaired) electrons. The number of imidazole rings is 1. The molecule has 17 heavy (non-hydrogen) atoms. The van der Waals surface area contributed by atoms with Gasteiger partial charge in [-0.15, -0.1) is 0 Å². The maximum atomic E-state index is 5.32. The van der Waals surface area contributed by atoms with E-state index in [0.29, 0.717) is 0 Å². The summed E-state index contributed by atoms with van der Waals surface area (Å²) in [4.78, 5) is 5.19. The number of H-pyrrole nitrogens is 1. The van der Waals surface area contributed by atoms with Gasteiger partial charge in [0.25, 0.3) is 0 Å². The molecule has 2 rings (SSSR count). The normalized spacial score (nSPS) is 10.5. The number of aromatic amines is 1. The molecular formula is C13H17N3S. The van der Waals surface area contributed by atoms with Gasteiger partial charge in [0.05, 0.1) is 5.69 Å². The van der Waals surface area contributed by atoms with Crippen LogP contribution in [0.4, 0.5) is 5.69 Å². The summed E-state index contributed by atoms with van der Waals surface area (Å²) in [5, 5.41) is 0. The summed E-state index contributed by atoms with van der Waals surface area (Å²) in [6.45, 7) is 2.13. The Morgan fingerprint density at radius 2 is 2.12 bits per heavy atom. The van der Waals surface area contributed by atoms with Gasteiger partial charge in [-0.1, -0.05) is 13.0 Å². The van der Waals surface area contributed by atoms with Gasteiger partial charge >= 0.3 is 0 Å². The molecule has 0 aliphatic carbocycles. The monoisotopic (exact) mass is 247 g/mol. The van der Waals surface area contributed by atoms with Crippen LogP contribution in [-0.2, 0) is 6.42 Å². The zero-order valence-electron chi connectivity index (χ0n) is 10.4. The zero-order valence-corrected chi connectivity index (χ0v) is 11.2. The van der Waals surface area contributed by atoms with Crippen molar-refractivity contribution in [2.24, 2.45) is 0 Å². The van der Waals surface area contributed by atoms with Crippen molar-refractivity contribution in [1.82, 2.24) is 9.55 Å². The van der Waals surface area contributed by atoms with Crippen LogP contribution in [0.25, 0.3) is 5.69 Å². The number of anilines is 1. The molecule has 90 valence electrons. The third-order valence-electron chi connectivity index (χ3n) is 2.82. The maximum absolute atomic E-state index is 5.32. The summed E-state index contributed by atoms with van der Waals surface area (Å²) in [5.74, 6) is 0. The highest BCUT2D eigenvalue weighted by molar-refractivity contribution is 7.71. The van der Waals surface area contributed by atoms with E-state index in [9.17, 15) is 0 Å². The van der Waals surface area contributed by atoms with Gasteiger partial charge in [0.1, 0.15) is 0 Å². The van der Waals surface area contributed by atoms with Gasteiger partial charge < -0.3 is 9.88 Å². The molecule has 1 aromatic heterocycles. The second-order valence-electron chi connectivity index (χ2n) is 4.19. The molecule has 0 spiro atoms. The van der Waals surface area contributed by atoms with Crippen LogP contribution < -0.4 is 4.90 Å². The zero-order chi connectivity index (χ0) is 12.4. The van der Waals surface area contributed by atoms with E-state index >= 15 is 0 Å². The molecule has 2 aromatic rings. The molecule has 0 fully saturated rings. The summed E-state index contributed by atoms with van der Waals surface area (Å²) in [6, 6.07) is 8.36. The first-order valence-corrected chi connectivity index (χ1v) is 6.11. The van der Waals surface area contributed by atoms with Crippen molar-refractivity contribution in [3.8, 4) is 5.69 Å². The highest BCUT2D eigenvalue weighted by atomic mass is 32.1. The number of aromatic nitrogens is 2. The van der Waals surface area contributed by atoms with Gasteiger partial charge in [0, 0.05) is 31.7 Å². The third kappa shape index (κ3) is 2.26. The van der Waals surface area contributed by atoms with Crippen LogP contribution in [0.1, 0.15) is 12.6 Å². The molecule has 1 heterocycles. The average Bonchev–Trinajstić information content (AvgIpc) is 2.70. The molecule has 0 amide bonds. The molecular weight excluding hydrogens is 230 g/mol. The molecule has 0 aliphatic rings. The Labute approximate surface area is 107 Å². The number of benzene rings is 1. The summed E-state index contributed by atoms with van der Waals surface area (Å²) in [6.07, 6.45) is 2.93. The van der Waals surface area contributed by atoms with E-state index in [-0.39, 0.29) is 0 Å². The third-order valence-corrected chi connectivity index (χ3v) is 3.12. The Bertz CT molecular complexity index is 566. The van der Waals surface area contributed by atoms with Crippen LogP contribution in [0.3, 0.4) is 0 Å². The average molecular weight is 247 g/mol. The highest BCUT2D eigenvalue weighted by Crippen LogP contribution is 2.19. The number of hydrogen-bond acceptors (Lipinski definition) is 2. The SMILES string of the molecule is CCc1c[nH]c(=S)n1-c1cccc(N(C)C)c1.